The highest BCUT2D eigenvalue weighted by molar-refractivity contribution is 5.33. The third-order valence-corrected chi connectivity index (χ3v) is 3.85. The average molecular weight is 235 g/mol. The molecule has 0 saturated heterocycles. The molecule has 17 heavy (non-hydrogen) atoms. The van der Waals surface area contributed by atoms with Crippen LogP contribution in [0.25, 0.3) is 0 Å². The summed E-state index contributed by atoms with van der Waals surface area (Å²) in [4.78, 5) is 2.70. The molecule has 0 aliphatic heterocycles. The fourth-order valence-corrected chi connectivity index (χ4v) is 2.97. The molecule has 1 atom stereocenters. The van der Waals surface area contributed by atoms with E-state index in [1.165, 1.54) is 45.2 Å². The van der Waals surface area contributed by atoms with Crippen molar-refractivity contribution >= 4 is 0 Å². The Morgan fingerprint density at radius 1 is 1.06 bits per heavy atom. The van der Waals surface area contributed by atoms with E-state index in [0.29, 0.717) is 0 Å². The van der Waals surface area contributed by atoms with Crippen LogP contribution in [0.2, 0.25) is 0 Å². The molecule has 0 N–H and O–H groups in total. The van der Waals surface area contributed by atoms with Gasteiger partial charge in [-0.1, -0.05) is 26.0 Å². The predicted molar refractivity (Wildman–Crippen MR) is 77.3 cm³/mol. The third-order valence-electron chi connectivity index (χ3n) is 3.85. The molecule has 0 aromatic heterocycles. The van der Waals surface area contributed by atoms with Gasteiger partial charge in [-0.15, -0.1) is 0 Å². The fourth-order valence-electron chi connectivity index (χ4n) is 2.97. The molecule has 0 amide bonds. The van der Waals surface area contributed by atoms with E-state index >= 15 is 0 Å². The lowest BCUT2D eigenvalue weighted by Crippen LogP contribution is -2.38. The van der Waals surface area contributed by atoms with Crippen LogP contribution >= 0.6 is 0 Å². The van der Waals surface area contributed by atoms with Crippen molar-refractivity contribution in [3.05, 3.63) is 23.3 Å². The van der Waals surface area contributed by atoms with Gasteiger partial charge in [0, 0.05) is 6.04 Å². The van der Waals surface area contributed by atoms with Gasteiger partial charge in [-0.25, -0.2) is 0 Å². The summed E-state index contributed by atoms with van der Waals surface area (Å²) in [6, 6.07) is 0.782. The Balaban J connectivity index is 2.66. The minimum atomic E-state index is 0.782. The Kier molecular flexibility index (Phi) is 6.57. The van der Waals surface area contributed by atoms with Crippen LogP contribution in [0.1, 0.15) is 59.8 Å². The summed E-state index contributed by atoms with van der Waals surface area (Å²) in [6.07, 6.45) is 11.0. The van der Waals surface area contributed by atoms with E-state index in [1.807, 2.05) is 0 Å². The van der Waals surface area contributed by atoms with Gasteiger partial charge in [0.25, 0.3) is 0 Å². The van der Waals surface area contributed by atoms with Crippen molar-refractivity contribution in [2.45, 2.75) is 65.8 Å². The second kappa shape index (κ2) is 7.71. The number of rotatable bonds is 5. The molecule has 0 aromatic rings. The van der Waals surface area contributed by atoms with Crippen molar-refractivity contribution < 1.29 is 0 Å². The summed E-state index contributed by atoms with van der Waals surface area (Å²) in [5.74, 6) is 0. The van der Waals surface area contributed by atoms with Crippen LogP contribution in [-0.4, -0.2) is 24.0 Å². The van der Waals surface area contributed by atoms with E-state index in [-0.39, 0.29) is 0 Å². The minimum absolute atomic E-state index is 0.782. The zero-order valence-electron chi connectivity index (χ0n) is 12.1. The molecule has 0 spiro atoms. The van der Waals surface area contributed by atoms with Crippen molar-refractivity contribution in [2.24, 2.45) is 0 Å². The molecule has 98 valence electrons. The molecule has 1 unspecified atom stereocenters. The summed E-state index contributed by atoms with van der Waals surface area (Å²) in [6.45, 7) is 11.5. The maximum Gasteiger partial charge on any atom is 0.0139 e. The summed E-state index contributed by atoms with van der Waals surface area (Å²) in [7, 11) is 0. The van der Waals surface area contributed by atoms with E-state index < -0.39 is 0 Å². The lowest BCUT2D eigenvalue weighted by molar-refractivity contribution is 0.179. The lowest BCUT2D eigenvalue weighted by atomic mass is 9.85. The molecule has 0 heterocycles. The maximum absolute atomic E-state index is 2.70. The van der Waals surface area contributed by atoms with E-state index in [9.17, 15) is 0 Å². The van der Waals surface area contributed by atoms with Crippen molar-refractivity contribution in [3.63, 3.8) is 0 Å². The standard InChI is InChI=1S/C16H29N/c1-5-11-17(12-6-2)16-10-9-14(7-3)15(8-4)13-16/h7-8,16H,5-6,9-13H2,1-4H3/b14-7-,15-8-. The monoisotopic (exact) mass is 235 g/mol. The zero-order chi connectivity index (χ0) is 12.7. The lowest BCUT2D eigenvalue weighted by Gasteiger charge is -2.36. The van der Waals surface area contributed by atoms with Crippen LogP contribution in [0, 0.1) is 0 Å². The molecular formula is C16H29N. The molecule has 1 nitrogen and oxygen atoms in total. The van der Waals surface area contributed by atoms with Crippen molar-refractivity contribution in [2.75, 3.05) is 13.1 Å². The Hall–Kier alpha value is -0.560. The molecule has 1 rings (SSSR count). The van der Waals surface area contributed by atoms with Gasteiger partial charge in [0.2, 0.25) is 0 Å². The second-order valence-electron chi connectivity index (χ2n) is 5.06. The minimum Gasteiger partial charge on any atom is -0.300 e. The Morgan fingerprint density at radius 2 is 1.65 bits per heavy atom. The smallest absolute Gasteiger partial charge is 0.0139 e. The van der Waals surface area contributed by atoms with Crippen LogP contribution in [0.15, 0.2) is 23.3 Å². The first-order chi connectivity index (χ1) is 8.26. The zero-order valence-corrected chi connectivity index (χ0v) is 12.1. The molecule has 0 bridgehead atoms. The molecular weight excluding hydrogens is 206 g/mol. The topological polar surface area (TPSA) is 3.24 Å². The van der Waals surface area contributed by atoms with Crippen LogP contribution in [0.4, 0.5) is 0 Å². The normalized spacial score (nSPS) is 26.1. The van der Waals surface area contributed by atoms with Crippen molar-refractivity contribution in [1.82, 2.24) is 4.90 Å². The summed E-state index contributed by atoms with van der Waals surface area (Å²) in [5, 5.41) is 0. The highest BCUT2D eigenvalue weighted by Crippen LogP contribution is 2.31. The first-order valence-electron chi connectivity index (χ1n) is 7.31. The summed E-state index contributed by atoms with van der Waals surface area (Å²) >= 11 is 0. The van der Waals surface area contributed by atoms with E-state index in [1.54, 1.807) is 11.1 Å². The van der Waals surface area contributed by atoms with Gasteiger partial charge in [-0.3, -0.25) is 0 Å². The van der Waals surface area contributed by atoms with Crippen molar-refractivity contribution in [3.8, 4) is 0 Å². The SMILES string of the molecule is C/C=C1/CCC(N(CCC)CCC)C/C1=C/C. The van der Waals surface area contributed by atoms with E-state index in [0.717, 1.165) is 6.04 Å². The molecule has 1 heteroatoms. The largest absolute Gasteiger partial charge is 0.300 e. The highest BCUT2D eigenvalue weighted by atomic mass is 15.1. The highest BCUT2D eigenvalue weighted by Gasteiger charge is 2.24. The number of allylic oxidation sites excluding steroid dienone is 3. The van der Waals surface area contributed by atoms with Gasteiger partial charge in [0.15, 0.2) is 0 Å². The maximum atomic E-state index is 2.70. The Labute approximate surface area is 108 Å². The quantitative estimate of drug-likeness (QED) is 0.675. The second-order valence-corrected chi connectivity index (χ2v) is 5.06. The van der Waals surface area contributed by atoms with E-state index in [2.05, 4.69) is 44.7 Å². The molecule has 1 aliphatic carbocycles. The number of hydrogen-bond donors (Lipinski definition) is 0. The Bertz CT molecular complexity index is 269. The van der Waals surface area contributed by atoms with Crippen molar-refractivity contribution in [1.29, 1.82) is 0 Å². The third kappa shape index (κ3) is 3.99. The van der Waals surface area contributed by atoms with Gasteiger partial charge in [0.1, 0.15) is 0 Å². The summed E-state index contributed by atoms with van der Waals surface area (Å²) in [5.41, 5.74) is 3.16. The van der Waals surface area contributed by atoms with Gasteiger partial charge in [-0.05, 0) is 70.2 Å². The molecule has 1 aliphatic rings. The molecule has 1 saturated carbocycles. The molecule has 1 fully saturated rings. The van der Waals surface area contributed by atoms with Gasteiger partial charge < -0.3 is 4.90 Å². The van der Waals surface area contributed by atoms with E-state index in [4.69, 9.17) is 0 Å². The summed E-state index contributed by atoms with van der Waals surface area (Å²) < 4.78 is 0. The van der Waals surface area contributed by atoms with Gasteiger partial charge >= 0.3 is 0 Å². The molecule has 0 radical (unpaired) electrons. The van der Waals surface area contributed by atoms with Gasteiger partial charge in [-0.2, -0.15) is 0 Å². The Morgan fingerprint density at radius 3 is 2.12 bits per heavy atom. The van der Waals surface area contributed by atoms with Gasteiger partial charge in [0.05, 0.1) is 0 Å². The number of hydrogen-bond acceptors (Lipinski definition) is 1. The first-order valence-corrected chi connectivity index (χ1v) is 7.31. The van der Waals surface area contributed by atoms with Crippen LogP contribution in [-0.2, 0) is 0 Å². The van der Waals surface area contributed by atoms with Crippen LogP contribution in [0.3, 0.4) is 0 Å². The fraction of sp³-hybridized carbons (Fsp3) is 0.750. The van der Waals surface area contributed by atoms with Crippen LogP contribution in [0.5, 0.6) is 0 Å². The predicted octanol–water partition coefficient (Wildman–Crippen LogP) is 4.55. The first kappa shape index (κ1) is 14.5. The van der Waals surface area contributed by atoms with Crippen LogP contribution < -0.4 is 0 Å². The average Bonchev–Trinajstić information content (AvgIpc) is 2.37. The number of nitrogens with zero attached hydrogens (tertiary/aromatic N) is 1. The molecule has 0 aromatic carbocycles.